The van der Waals surface area contributed by atoms with Crippen LogP contribution >= 0.6 is 0 Å². The second-order valence-corrected chi connectivity index (χ2v) is 4.80. The zero-order valence-corrected chi connectivity index (χ0v) is 9.11. The average Bonchev–Trinajstić information content (AvgIpc) is 2.65. The Morgan fingerprint density at radius 1 is 1.14 bits per heavy atom. The van der Waals surface area contributed by atoms with Crippen molar-refractivity contribution in [1.82, 2.24) is 4.90 Å². The van der Waals surface area contributed by atoms with Gasteiger partial charge in [0.25, 0.3) is 0 Å². The van der Waals surface area contributed by atoms with Crippen molar-refractivity contribution < 1.29 is 4.84 Å². The van der Waals surface area contributed by atoms with E-state index in [9.17, 15) is 0 Å². The summed E-state index contributed by atoms with van der Waals surface area (Å²) in [6.07, 6.45) is 7.92. The summed E-state index contributed by atoms with van der Waals surface area (Å²) in [7, 11) is 0. The lowest BCUT2D eigenvalue weighted by Crippen LogP contribution is -2.41. The van der Waals surface area contributed by atoms with Crippen molar-refractivity contribution in [3.05, 3.63) is 0 Å². The first-order chi connectivity index (χ1) is 6.81. The van der Waals surface area contributed by atoms with E-state index in [1.54, 1.807) is 0 Å². The summed E-state index contributed by atoms with van der Waals surface area (Å²) in [5.74, 6) is 5.22. The molecule has 0 bridgehead atoms. The predicted molar refractivity (Wildman–Crippen MR) is 56.7 cm³/mol. The van der Waals surface area contributed by atoms with Gasteiger partial charge in [-0.25, -0.2) is 5.90 Å². The van der Waals surface area contributed by atoms with Crippen LogP contribution in [0.4, 0.5) is 0 Å². The summed E-state index contributed by atoms with van der Waals surface area (Å²) in [4.78, 5) is 7.60. The summed E-state index contributed by atoms with van der Waals surface area (Å²) in [5.41, 5.74) is 0. The van der Waals surface area contributed by atoms with Crippen molar-refractivity contribution in [3.8, 4) is 0 Å². The van der Waals surface area contributed by atoms with Crippen LogP contribution in [0.2, 0.25) is 0 Å². The van der Waals surface area contributed by atoms with E-state index in [1.165, 1.54) is 32.2 Å². The van der Waals surface area contributed by atoms with E-state index in [-0.39, 0.29) is 0 Å². The molecule has 1 aliphatic carbocycles. The smallest absolute Gasteiger partial charge is 0.0788 e. The first-order valence-electron chi connectivity index (χ1n) is 5.92. The molecule has 82 valence electrons. The lowest BCUT2D eigenvalue weighted by atomic mass is 9.91. The SMILES string of the molecule is CC1CCCN1C1CCC(ON)CC1. The minimum absolute atomic E-state index is 0.323. The van der Waals surface area contributed by atoms with Gasteiger partial charge < -0.3 is 4.84 Å². The highest BCUT2D eigenvalue weighted by atomic mass is 16.6. The molecule has 0 aromatic rings. The topological polar surface area (TPSA) is 38.5 Å². The largest absolute Gasteiger partial charge is 0.301 e. The van der Waals surface area contributed by atoms with Crippen molar-refractivity contribution in [2.24, 2.45) is 5.90 Å². The van der Waals surface area contributed by atoms with Crippen LogP contribution in [0.15, 0.2) is 0 Å². The number of nitrogens with two attached hydrogens (primary N) is 1. The van der Waals surface area contributed by atoms with E-state index in [4.69, 9.17) is 10.7 Å². The normalized spacial score (nSPS) is 40.3. The molecule has 0 aromatic carbocycles. The first-order valence-corrected chi connectivity index (χ1v) is 5.92. The molecule has 2 fully saturated rings. The van der Waals surface area contributed by atoms with Crippen molar-refractivity contribution in [3.63, 3.8) is 0 Å². The monoisotopic (exact) mass is 198 g/mol. The van der Waals surface area contributed by atoms with Gasteiger partial charge in [-0.15, -0.1) is 0 Å². The Morgan fingerprint density at radius 2 is 1.86 bits per heavy atom. The van der Waals surface area contributed by atoms with Gasteiger partial charge in [-0.2, -0.15) is 0 Å². The Balaban J connectivity index is 1.82. The highest BCUT2D eigenvalue weighted by Gasteiger charge is 2.31. The molecular formula is C11H22N2O. The summed E-state index contributed by atoms with van der Waals surface area (Å²) >= 11 is 0. The Morgan fingerprint density at radius 3 is 2.36 bits per heavy atom. The van der Waals surface area contributed by atoms with Crippen molar-refractivity contribution in [1.29, 1.82) is 0 Å². The van der Waals surface area contributed by atoms with E-state index in [1.807, 2.05) is 0 Å². The van der Waals surface area contributed by atoms with Gasteiger partial charge in [0, 0.05) is 12.1 Å². The van der Waals surface area contributed by atoms with Crippen LogP contribution in [0.25, 0.3) is 0 Å². The average molecular weight is 198 g/mol. The van der Waals surface area contributed by atoms with Gasteiger partial charge in [0.15, 0.2) is 0 Å². The van der Waals surface area contributed by atoms with Gasteiger partial charge in [-0.05, 0) is 52.0 Å². The predicted octanol–water partition coefficient (Wildman–Crippen LogP) is 1.67. The molecule has 1 heterocycles. The number of likely N-dealkylation sites (tertiary alicyclic amines) is 1. The molecule has 1 aliphatic heterocycles. The van der Waals surface area contributed by atoms with Crippen molar-refractivity contribution in [2.75, 3.05) is 6.54 Å². The van der Waals surface area contributed by atoms with E-state index in [0.29, 0.717) is 6.10 Å². The number of hydrogen-bond acceptors (Lipinski definition) is 3. The molecule has 0 spiro atoms. The maximum Gasteiger partial charge on any atom is 0.0788 e. The zero-order valence-electron chi connectivity index (χ0n) is 9.11. The molecule has 1 atom stereocenters. The molecule has 0 radical (unpaired) electrons. The van der Waals surface area contributed by atoms with Crippen LogP contribution in [-0.2, 0) is 4.84 Å². The van der Waals surface area contributed by atoms with Crippen molar-refractivity contribution >= 4 is 0 Å². The second kappa shape index (κ2) is 4.60. The molecule has 1 unspecified atom stereocenters. The quantitative estimate of drug-likeness (QED) is 0.686. The van der Waals surface area contributed by atoms with Crippen molar-refractivity contribution in [2.45, 2.75) is 63.6 Å². The Kier molecular flexibility index (Phi) is 3.42. The zero-order chi connectivity index (χ0) is 9.97. The van der Waals surface area contributed by atoms with Gasteiger partial charge >= 0.3 is 0 Å². The summed E-state index contributed by atoms with van der Waals surface area (Å²) in [6, 6.07) is 1.61. The highest BCUT2D eigenvalue weighted by Crippen LogP contribution is 2.29. The standard InChI is InChI=1S/C11H22N2O/c1-9-3-2-8-13(9)10-4-6-11(14-12)7-5-10/h9-11H,2-8,12H2,1H3. The Hall–Kier alpha value is -0.120. The maximum atomic E-state index is 5.22. The Labute approximate surface area is 86.5 Å². The van der Waals surface area contributed by atoms with Gasteiger partial charge in [0.05, 0.1) is 6.10 Å². The minimum atomic E-state index is 0.323. The molecule has 1 saturated heterocycles. The summed E-state index contributed by atoms with van der Waals surface area (Å²) < 4.78 is 0. The summed E-state index contributed by atoms with van der Waals surface area (Å²) in [6.45, 7) is 3.67. The Bertz CT molecular complexity index is 178. The molecule has 0 aromatic heterocycles. The van der Waals surface area contributed by atoms with E-state index in [2.05, 4.69) is 11.8 Å². The molecular weight excluding hydrogens is 176 g/mol. The van der Waals surface area contributed by atoms with Gasteiger partial charge in [-0.3, -0.25) is 4.90 Å². The third-order valence-electron chi connectivity index (χ3n) is 3.91. The second-order valence-electron chi connectivity index (χ2n) is 4.80. The fourth-order valence-corrected chi connectivity index (χ4v) is 3.01. The fraction of sp³-hybridized carbons (Fsp3) is 1.00. The van der Waals surface area contributed by atoms with Crippen LogP contribution in [0.1, 0.15) is 45.4 Å². The fourth-order valence-electron chi connectivity index (χ4n) is 3.01. The van der Waals surface area contributed by atoms with Gasteiger partial charge in [0.1, 0.15) is 0 Å². The lowest BCUT2D eigenvalue weighted by Gasteiger charge is -2.36. The number of rotatable bonds is 2. The number of nitrogens with zero attached hydrogens (tertiary/aromatic N) is 1. The first kappa shape index (κ1) is 10.4. The minimum Gasteiger partial charge on any atom is -0.301 e. The van der Waals surface area contributed by atoms with Crippen LogP contribution in [0.3, 0.4) is 0 Å². The van der Waals surface area contributed by atoms with Crippen LogP contribution in [0, 0.1) is 0 Å². The van der Waals surface area contributed by atoms with E-state index < -0.39 is 0 Å². The number of hydrogen-bond donors (Lipinski definition) is 1. The van der Waals surface area contributed by atoms with E-state index >= 15 is 0 Å². The lowest BCUT2D eigenvalue weighted by molar-refractivity contribution is 0.00517. The molecule has 14 heavy (non-hydrogen) atoms. The molecule has 2 rings (SSSR count). The molecule has 3 heteroatoms. The highest BCUT2D eigenvalue weighted by molar-refractivity contribution is 4.86. The third kappa shape index (κ3) is 2.10. The van der Waals surface area contributed by atoms with E-state index in [0.717, 1.165) is 24.9 Å². The van der Waals surface area contributed by atoms with Gasteiger partial charge in [-0.1, -0.05) is 0 Å². The molecule has 3 nitrogen and oxygen atoms in total. The maximum absolute atomic E-state index is 5.22. The third-order valence-corrected chi connectivity index (χ3v) is 3.91. The van der Waals surface area contributed by atoms with Gasteiger partial charge in [0.2, 0.25) is 0 Å². The summed E-state index contributed by atoms with van der Waals surface area (Å²) in [5, 5.41) is 0. The van der Waals surface area contributed by atoms with Crippen LogP contribution in [0.5, 0.6) is 0 Å². The molecule has 2 aliphatic rings. The molecule has 0 amide bonds. The van der Waals surface area contributed by atoms with Crippen LogP contribution in [-0.4, -0.2) is 29.6 Å². The molecule has 2 N–H and O–H groups in total. The molecule has 1 saturated carbocycles. The van der Waals surface area contributed by atoms with Crippen LogP contribution < -0.4 is 5.90 Å².